The number of methoxy groups -OCH3 is 2. The van der Waals surface area contributed by atoms with Gasteiger partial charge in [0, 0.05) is 44.6 Å². The van der Waals surface area contributed by atoms with Crippen LogP contribution in [0.4, 0.5) is 5.69 Å². The smallest absolute Gasteiger partial charge is 0.273 e. The molecular formula is C33H37ClN4O3S. The van der Waals surface area contributed by atoms with Crippen molar-refractivity contribution in [2.24, 2.45) is 0 Å². The minimum absolute atomic E-state index is 0.00767. The second kappa shape index (κ2) is 14.1. The van der Waals surface area contributed by atoms with E-state index in [0.29, 0.717) is 25.3 Å². The molecular weight excluding hydrogens is 568 g/mol. The summed E-state index contributed by atoms with van der Waals surface area (Å²) in [7, 11) is 3.31. The lowest BCUT2D eigenvalue weighted by atomic mass is 10.1. The zero-order valence-electron chi connectivity index (χ0n) is 24.4. The monoisotopic (exact) mass is 604 g/mol. The van der Waals surface area contributed by atoms with E-state index in [9.17, 15) is 4.79 Å². The Kier molecular flexibility index (Phi) is 10.00. The van der Waals surface area contributed by atoms with Gasteiger partial charge in [-0.2, -0.15) is 0 Å². The number of aryl methyl sites for hydroxylation is 1. The number of benzene rings is 3. The number of carbonyl (C=O) groups excluding carboxylic acids is 1. The fraction of sp³-hybridized carbons (Fsp3) is 0.333. The molecule has 1 fully saturated rings. The first-order chi connectivity index (χ1) is 20.4. The Balaban J connectivity index is 1.23. The highest BCUT2D eigenvalue weighted by Crippen LogP contribution is 2.29. The Labute approximate surface area is 257 Å². The number of halogens is 1. The number of hydrogen-bond donors (Lipinski definition) is 0. The normalized spacial score (nSPS) is 13.5. The number of piperazine rings is 1. The molecule has 0 spiro atoms. The van der Waals surface area contributed by atoms with Crippen molar-refractivity contribution in [2.45, 2.75) is 26.4 Å². The van der Waals surface area contributed by atoms with Crippen LogP contribution in [0, 0.1) is 6.92 Å². The molecule has 0 N–H and O–H groups in total. The van der Waals surface area contributed by atoms with Gasteiger partial charge in [-0.25, -0.2) is 4.98 Å². The van der Waals surface area contributed by atoms with Gasteiger partial charge in [-0.1, -0.05) is 59.6 Å². The van der Waals surface area contributed by atoms with Gasteiger partial charge in [-0.15, -0.1) is 11.3 Å². The van der Waals surface area contributed by atoms with Crippen molar-refractivity contribution in [1.82, 2.24) is 14.8 Å². The molecule has 2 heterocycles. The van der Waals surface area contributed by atoms with Crippen molar-refractivity contribution in [3.8, 4) is 11.5 Å². The summed E-state index contributed by atoms with van der Waals surface area (Å²) in [4.78, 5) is 24.7. The highest BCUT2D eigenvalue weighted by atomic mass is 35.5. The van der Waals surface area contributed by atoms with Crippen molar-refractivity contribution in [1.29, 1.82) is 0 Å². The van der Waals surface area contributed by atoms with Gasteiger partial charge < -0.3 is 19.3 Å². The van der Waals surface area contributed by atoms with Gasteiger partial charge in [-0.05, 0) is 48.7 Å². The van der Waals surface area contributed by atoms with Crippen molar-refractivity contribution >= 4 is 34.5 Å². The van der Waals surface area contributed by atoms with Crippen LogP contribution in [-0.2, 0) is 19.5 Å². The number of ether oxygens (including phenoxy) is 2. The third kappa shape index (κ3) is 7.43. The Morgan fingerprint density at radius 1 is 0.929 bits per heavy atom. The van der Waals surface area contributed by atoms with E-state index in [4.69, 9.17) is 26.1 Å². The number of nitrogens with zero attached hydrogens (tertiary/aromatic N) is 4. The predicted octanol–water partition coefficient (Wildman–Crippen LogP) is 6.33. The molecule has 1 saturated heterocycles. The fourth-order valence-electron chi connectivity index (χ4n) is 5.18. The predicted molar refractivity (Wildman–Crippen MR) is 170 cm³/mol. The summed E-state index contributed by atoms with van der Waals surface area (Å²) in [5.41, 5.74) is 5.20. The van der Waals surface area contributed by atoms with Crippen molar-refractivity contribution in [3.05, 3.63) is 105 Å². The van der Waals surface area contributed by atoms with E-state index < -0.39 is 0 Å². The largest absolute Gasteiger partial charge is 0.493 e. The van der Waals surface area contributed by atoms with E-state index in [2.05, 4.69) is 47.1 Å². The minimum Gasteiger partial charge on any atom is -0.493 e. The van der Waals surface area contributed by atoms with Gasteiger partial charge in [0.05, 0.1) is 31.5 Å². The third-order valence-corrected chi connectivity index (χ3v) is 8.73. The summed E-state index contributed by atoms with van der Waals surface area (Å²) in [6.45, 7) is 7.16. The van der Waals surface area contributed by atoms with Crippen LogP contribution < -0.4 is 14.4 Å². The average molecular weight is 605 g/mol. The van der Waals surface area contributed by atoms with Gasteiger partial charge in [0.25, 0.3) is 5.91 Å². The molecule has 1 amide bonds. The number of anilines is 1. The van der Waals surface area contributed by atoms with Crippen LogP contribution in [0.5, 0.6) is 11.5 Å². The van der Waals surface area contributed by atoms with Gasteiger partial charge in [0.15, 0.2) is 11.5 Å². The molecule has 1 aliphatic heterocycles. The Hall–Kier alpha value is -3.59. The number of para-hydroxylation sites is 1. The third-order valence-electron chi connectivity index (χ3n) is 7.58. The number of amides is 1. The number of rotatable bonds is 11. The summed E-state index contributed by atoms with van der Waals surface area (Å²) < 4.78 is 10.9. The van der Waals surface area contributed by atoms with E-state index in [1.165, 1.54) is 16.7 Å². The van der Waals surface area contributed by atoms with E-state index in [-0.39, 0.29) is 5.91 Å². The molecule has 7 nitrogen and oxygen atoms in total. The van der Waals surface area contributed by atoms with Crippen molar-refractivity contribution in [2.75, 3.05) is 51.8 Å². The molecule has 220 valence electrons. The molecule has 5 rings (SSSR count). The van der Waals surface area contributed by atoms with Crippen LogP contribution in [0.2, 0.25) is 5.02 Å². The summed E-state index contributed by atoms with van der Waals surface area (Å²) >= 11 is 7.94. The van der Waals surface area contributed by atoms with Gasteiger partial charge >= 0.3 is 0 Å². The lowest BCUT2D eigenvalue weighted by Gasteiger charge is -2.36. The second-order valence-electron chi connectivity index (χ2n) is 10.5. The fourth-order valence-corrected chi connectivity index (χ4v) is 6.25. The molecule has 0 aliphatic carbocycles. The SMILES string of the molecule is COc1ccc(CCN(Cc2ccc(C)cc2)Cc2nc(C(=O)N3CCN(c4ccccc4Cl)CC3)cs2)cc1OC. The Morgan fingerprint density at radius 2 is 1.64 bits per heavy atom. The van der Waals surface area contributed by atoms with Gasteiger partial charge in [0.2, 0.25) is 0 Å². The van der Waals surface area contributed by atoms with Crippen LogP contribution in [0.1, 0.15) is 32.2 Å². The number of aromatic nitrogens is 1. The maximum absolute atomic E-state index is 13.3. The zero-order valence-corrected chi connectivity index (χ0v) is 26.0. The minimum atomic E-state index is -0.00767. The van der Waals surface area contributed by atoms with Crippen LogP contribution in [0.25, 0.3) is 0 Å². The van der Waals surface area contributed by atoms with E-state index in [0.717, 1.165) is 59.8 Å². The van der Waals surface area contributed by atoms with Crippen LogP contribution >= 0.6 is 22.9 Å². The van der Waals surface area contributed by atoms with E-state index >= 15 is 0 Å². The maximum Gasteiger partial charge on any atom is 0.273 e. The molecule has 0 unspecified atom stereocenters. The van der Waals surface area contributed by atoms with Crippen molar-refractivity contribution in [3.63, 3.8) is 0 Å². The molecule has 1 aliphatic rings. The first kappa shape index (κ1) is 29.9. The molecule has 0 atom stereocenters. The van der Waals surface area contributed by atoms with Crippen LogP contribution in [0.3, 0.4) is 0 Å². The second-order valence-corrected chi connectivity index (χ2v) is 11.8. The molecule has 0 bridgehead atoms. The molecule has 42 heavy (non-hydrogen) atoms. The first-order valence-corrected chi connectivity index (χ1v) is 15.4. The highest BCUT2D eigenvalue weighted by Gasteiger charge is 2.25. The summed E-state index contributed by atoms with van der Waals surface area (Å²) in [6, 6.07) is 22.6. The van der Waals surface area contributed by atoms with E-state index in [1.54, 1.807) is 25.6 Å². The summed E-state index contributed by atoms with van der Waals surface area (Å²) in [5.74, 6) is 1.45. The highest BCUT2D eigenvalue weighted by molar-refractivity contribution is 7.09. The van der Waals surface area contributed by atoms with Crippen LogP contribution in [-0.4, -0.2) is 67.6 Å². The summed E-state index contributed by atoms with van der Waals surface area (Å²) in [5, 5.41) is 3.58. The number of carbonyl (C=O) groups is 1. The lowest BCUT2D eigenvalue weighted by molar-refractivity contribution is 0.0741. The molecule has 0 radical (unpaired) electrons. The lowest BCUT2D eigenvalue weighted by Crippen LogP contribution is -2.49. The van der Waals surface area contributed by atoms with Gasteiger partial charge in [-0.3, -0.25) is 9.69 Å². The van der Waals surface area contributed by atoms with Gasteiger partial charge in [0.1, 0.15) is 10.7 Å². The van der Waals surface area contributed by atoms with E-state index in [1.807, 2.05) is 46.7 Å². The van der Waals surface area contributed by atoms with Crippen molar-refractivity contribution < 1.29 is 14.3 Å². The van der Waals surface area contributed by atoms with Crippen LogP contribution in [0.15, 0.2) is 72.1 Å². The quantitative estimate of drug-likeness (QED) is 0.199. The average Bonchev–Trinajstić information content (AvgIpc) is 3.49. The molecule has 4 aromatic rings. The Morgan fingerprint density at radius 3 is 2.36 bits per heavy atom. The number of thiazole rings is 1. The molecule has 9 heteroatoms. The maximum atomic E-state index is 13.3. The zero-order chi connectivity index (χ0) is 29.5. The standard InChI is InChI=1S/C33H37ClN4O3S/c1-24-8-10-26(11-9-24)21-36(15-14-25-12-13-30(40-2)31(20-25)41-3)22-32-35-28(23-42-32)33(39)38-18-16-37(17-19-38)29-7-5-4-6-27(29)34/h4-13,20,23H,14-19,21-22H2,1-3H3. The number of hydrogen-bond acceptors (Lipinski definition) is 7. The molecule has 1 aromatic heterocycles. The Bertz CT molecular complexity index is 1480. The topological polar surface area (TPSA) is 58.1 Å². The summed E-state index contributed by atoms with van der Waals surface area (Å²) in [6.07, 6.45) is 0.846. The molecule has 3 aromatic carbocycles. The first-order valence-electron chi connectivity index (χ1n) is 14.2. The molecule has 0 saturated carbocycles.